The van der Waals surface area contributed by atoms with Gasteiger partial charge in [-0.1, -0.05) is 0 Å². The summed E-state index contributed by atoms with van der Waals surface area (Å²) < 4.78 is 15.8. The van der Waals surface area contributed by atoms with Gasteiger partial charge in [-0.05, 0) is 31.0 Å². The molecule has 0 spiro atoms. The predicted molar refractivity (Wildman–Crippen MR) is 79.2 cm³/mol. The summed E-state index contributed by atoms with van der Waals surface area (Å²) in [7, 11) is 3.19. The Morgan fingerprint density at radius 2 is 2.18 bits per heavy atom. The van der Waals surface area contributed by atoms with E-state index in [9.17, 15) is 4.79 Å². The Morgan fingerprint density at radius 1 is 1.36 bits per heavy atom. The number of amides is 1. The van der Waals surface area contributed by atoms with Gasteiger partial charge in [0.1, 0.15) is 17.8 Å². The van der Waals surface area contributed by atoms with E-state index in [0.717, 1.165) is 18.4 Å². The quantitative estimate of drug-likeness (QED) is 0.887. The highest BCUT2D eigenvalue weighted by Gasteiger charge is 2.29. The third kappa shape index (κ3) is 3.05. The number of oxazole rings is 1. The second-order valence-corrected chi connectivity index (χ2v) is 5.21. The largest absolute Gasteiger partial charge is 0.497 e. The number of ether oxygens (including phenoxy) is 2. The normalized spacial score (nSPS) is 13.7. The molecular weight excluding hydrogens is 284 g/mol. The van der Waals surface area contributed by atoms with Crippen molar-refractivity contribution in [3.63, 3.8) is 0 Å². The van der Waals surface area contributed by atoms with Crippen molar-refractivity contribution in [2.24, 2.45) is 0 Å². The van der Waals surface area contributed by atoms with Crippen LogP contribution >= 0.6 is 0 Å². The van der Waals surface area contributed by atoms with Crippen LogP contribution in [0.5, 0.6) is 11.5 Å². The van der Waals surface area contributed by atoms with Crippen molar-refractivity contribution in [1.29, 1.82) is 0 Å². The van der Waals surface area contributed by atoms with Crippen LogP contribution in [0.3, 0.4) is 0 Å². The second kappa shape index (κ2) is 6.09. The minimum Gasteiger partial charge on any atom is -0.497 e. The molecule has 1 N–H and O–H groups in total. The topological polar surface area (TPSA) is 73.6 Å². The van der Waals surface area contributed by atoms with Crippen LogP contribution in [0.4, 0.5) is 0 Å². The molecule has 0 atom stereocenters. The minimum absolute atomic E-state index is 0.263. The summed E-state index contributed by atoms with van der Waals surface area (Å²) in [5, 5.41) is 2.82. The zero-order chi connectivity index (χ0) is 15.5. The molecule has 22 heavy (non-hydrogen) atoms. The van der Waals surface area contributed by atoms with E-state index in [1.807, 2.05) is 18.2 Å². The molecule has 116 valence electrons. The van der Waals surface area contributed by atoms with E-state index in [-0.39, 0.29) is 5.91 Å². The van der Waals surface area contributed by atoms with E-state index in [4.69, 9.17) is 13.9 Å². The Kier molecular flexibility index (Phi) is 4.00. The number of carbonyl (C=O) groups is 1. The molecule has 3 rings (SSSR count). The molecule has 1 fully saturated rings. The van der Waals surface area contributed by atoms with Crippen LogP contribution in [0, 0.1) is 0 Å². The molecule has 1 aliphatic rings. The lowest BCUT2D eigenvalue weighted by Gasteiger charge is -2.10. The Balaban J connectivity index is 1.66. The zero-order valence-corrected chi connectivity index (χ0v) is 12.6. The average molecular weight is 302 g/mol. The summed E-state index contributed by atoms with van der Waals surface area (Å²) in [6.07, 6.45) is 3.58. The Labute approximate surface area is 128 Å². The smallest absolute Gasteiger partial charge is 0.273 e. The van der Waals surface area contributed by atoms with E-state index in [2.05, 4.69) is 10.3 Å². The first-order valence-corrected chi connectivity index (χ1v) is 7.15. The highest BCUT2D eigenvalue weighted by Crippen LogP contribution is 2.39. The van der Waals surface area contributed by atoms with Crippen LogP contribution in [0.1, 0.15) is 40.7 Å². The van der Waals surface area contributed by atoms with Crippen molar-refractivity contribution in [1.82, 2.24) is 10.3 Å². The second-order valence-electron chi connectivity index (χ2n) is 5.21. The molecule has 1 aromatic carbocycles. The fourth-order valence-corrected chi connectivity index (χ4v) is 2.20. The van der Waals surface area contributed by atoms with Crippen LogP contribution in [0.25, 0.3) is 0 Å². The first-order valence-electron chi connectivity index (χ1n) is 7.15. The lowest BCUT2D eigenvalue weighted by atomic mass is 10.2. The van der Waals surface area contributed by atoms with Crippen LogP contribution < -0.4 is 14.8 Å². The maximum Gasteiger partial charge on any atom is 0.273 e. The van der Waals surface area contributed by atoms with Gasteiger partial charge in [-0.2, -0.15) is 0 Å². The molecule has 1 aliphatic carbocycles. The van der Waals surface area contributed by atoms with Crippen molar-refractivity contribution >= 4 is 5.91 Å². The van der Waals surface area contributed by atoms with E-state index in [1.54, 1.807) is 14.2 Å². The summed E-state index contributed by atoms with van der Waals surface area (Å²) in [6, 6.07) is 5.45. The Bertz CT molecular complexity index is 677. The van der Waals surface area contributed by atoms with Gasteiger partial charge >= 0.3 is 0 Å². The van der Waals surface area contributed by atoms with Gasteiger partial charge in [-0.3, -0.25) is 4.79 Å². The highest BCUT2D eigenvalue weighted by molar-refractivity contribution is 5.91. The molecule has 1 amide bonds. The molecule has 0 bridgehead atoms. The fraction of sp³-hybridized carbons (Fsp3) is 0.375. The summed E-state index contributed by atoms with van der Waals surface area (Å²) in [5.41, 5.74) is 1.14. The summed E-state index contributed by atoms with van der Waals surface area (Å²) in [4.78, 5) is 16.3. The van der Waals surface area contributed by atoms with Crippen LogP contribution in [-0.2, 0) is 6.54 Å². The van der Waals surface area contributed by atoms with Crippen LogP contribution in [0.15, 0.2) is 28.9 Å². The molecular formula is C16H18N2O4. The molecule has 2 aromatic rings. The first kappa shape index (κ1) is 14.4. The van der Waals surface area contributed by atoms with Gasteiger partial charge in [0.05, 0.1) is 14.2 Å². The SMILES string of the molecule is COc1ccc(OC)c(CNC(=O)c2coc(C3CC3)n2)c1. The molecule has 0 aliphatic heterocycles. The third-order valence-electron chi connectivity index (χ3n) is 3.61. The molecule has 0 radical (unpaired) electrons. The lowest BCUT2D eigenvalue weighted by Crippen LogP contribution is -2.23. The average Bonchev–Trinajstić information content (AvgIpc) is 3.29. The molecule has 1 aromatic heterocycles. The van der Waals surface area contributed by atoms with E-state index >= 15 is 0 Å². The van der Waals surface area contributed by atoms with Crippen molar-refractivity contribution in [3.8, 4) is 11.5 Å². The number of hydrogen-bond donors (Lipinski definition) is 1. The minimum atomic E-state index is -0.263. The van der Waals surface area contributed by atoms with Gasteiger partial charge < -0.3 is 19.2 Å². The first-order chi connectivity index (χ1) is 10.7. The third-order valence-corrected chi connectivity index (χ3v) is 3.61. The molecule has 0 saturated heterocycles. The Morgan fingerprint density at radius 3 is 2.86 bits per heavy atom. The molecule has 1 heterocycles. The number of nitrogens with zero attached hydrogens (tertiary/aromatic N) is 1. The number of aromatic nitrogens is 1. The predicted octanol–water partition coefficient (Wildman–Crippen LogP) is 2.50. The van der Waals surface area contributed by atoms with E-state index in [0.29, 0.717) is 35.5 Å². The molecule has 0 unspecified atom stereocenters. The highest BCUT2D eigenvalue weighted by atomic mass is 16.5. The molecule has 6 heteroatoms. The molecule has 1 saturated carbocycles. The van der Waals surface area contributed by atoms with Crippen molar-refractivity contribution in [2.45, 2.75) is 25.3 Å². The van der Waals surface area contributed by atoms with Crippen molar-refractivity contribution in [3.05, 3.63) is 41.6 Å². The summed E-state index contributed by atoms with van der Waals surface area (Å²) in [6.45, 7) is 0.324. The van der Waals surface area contributed by atoms with Crippen LogP contribution in [0.2, 0.25) is 0 Å². The number of nitrogens with one attached hydrogen (secondary N) is 1. The maximum atomic E-state index is 12.1. The molecule has 6 nitrogen and oxygen atoms in total. The van der Waals surface area contributed by atoms with Gasteiger partial charge in [0.2, 0.25) is 0 Å². The van der Waals surface area contributed by atoms with Gasteiger partial charge in [0.15, 0.2) is 11.6 Å². The maximum absolute atomic E-state index is 12.1. The van der Waals surface area contributed by atoms with Crippen LogP contribution in [-0.4, -0.2) is 25.1 Å². The monoisotopic (exact) mass is 302 g/mol. The number of hydrogen-bond acceptors (Lipinski definition) is 5. The number of benzene rings is 1. The summed E-state index contributed by atoms with van der Waals surface area (Å²) >= 11 is 0. The lowest BCUT2D eigenvalue weighted by molar-refractivity contribution is 0.0945. The number of carbonyl (C=O) groups excluding carboxylic acids is 1. The van der Waals surface area contributed by atoms with Gasteiger partial charge in [0, 0.05) is 18.0 Å². The van der Waals surface area contributed by atoms with Gasteiger partial charge in [-0.15, -0.1) is 0 Å². The number of rotatable bonds is 6. The standard InChI is InChI=1S/C16H18N2O4/c1-20-12-5-6-14(21-2)11(7-12)8-17-15(19)13-9-22-16(18-13)10-3-4-10/h5-7,9-10H,3-4,8H2,1-2H3,(H,17,19). The van der Waals surface area contributed by atoms with E-state index < -0.39 is 0 Å². The summed E-state index contributed by atoms with van der Waals surface area (Å²) in [5.74, 6) is 2.19. The van der Waals surface area contributed by atoms with Gasteiger partial charge in [-0.25, -0.2) is 4.98 Å². The zero-order valence-electron chi connectivity index (χ0n) is 12.6. The Hall–Kier alpha value is -2.50. The van der Waals surface area contributed by atoms with Crippen molar-refractivity contribution < 1.29 is 18.7 Å². The van der Waals surface area contributed by atoms with Crippen molar-refractivity contribution in [2.75, 3.05) is 14.2 Å². The van der Waals surface area contributed by atoms with Gasteiger partial charge in [0.25, 0.3) is 5.91 Å². The number of methoxy groups -OCH3 is 2. The van der Waals surface area contributed by atoms with E-state index in [1.165, 1.54) is 6.26 Å². The fourth-order valence-electron chi connectivity index (χ4n) is 2.20.